The monoisotopic (exact) mass is 275 g/mol. The highest BCUT2D eigenvalue weighted by Gasteiger charge is 2.16. The molecule has 19 heavy (non-hydrogen) atoms. The maximum Gasteiger partial charge on any atom is 0.347 e. The van der Waals surface area contributed by atoms with Crippen molar-refractivity contribution in [1.29, 1.82) is 0 Å². The number of carbonyl (C=O) groups is 1. The zero-order chi connectivity index (χ0) is 13.7. The Morgan fingerprint density at radius 3 is 2.68 bits per heavy atom. The van der Waals surface area contributed by atoms with Gasteiger partial charge in [-0.05, 0) is 18.4 Å². The van der Waals surface area contributed by atoms with Crippen LogP contribution in [0.15, 0.2) is 30.3 Å². The molecule has 0 atom stereocenters. The van der Waals surface area contributed by atoms with E-state index in [9.17, 15) is 9.90 Å². The molecule has 0 aliphatic heterocycles. The van der Waals surface area contributed by atoms with E-state index >= 15 is 0 Å². The van der Waals surface area contributed by atoms with E-state index in [1.165, 1.54) is 11.3 Å². The van der Waals surface area contributed by atoms with Gasteiger partial charge in [0.05, 0.1) is 10.7 Å². The van der Waals surface area contributed by atoms with Gasteiger partial charge in [0, 0.05) is 6.42 Å². The molecule has 1 heterocycles. The third-order valence-corrected chi connectivity index (χ3v) is 3.99. The van der Waals surface area contributed by atoms with Gasteiger partial charge in [-0.3, -0.25) is 0 Å². The van der Waals surface area contributed by atoms with Crippen LogP contribution in [0.1, 0.15) is 45.7 Å². The Kier molecular flexibility index (Phi) is 4.68. The molecule has 4 heteroatoms. The standard InChI is InChI=1S/C15H17NO2S/c1-2-3-9-12-14(15(17)18)19-13(16-12)10-11-7-5-4-6-8-11/h4-8H,2-3,9-10H2,1H3,(H,17,18). The molecule has 0 aliphatic carbocycles. The predicted octanol–water partition coefficient (Wildman–Crippen LogP) is 3.77. The van der Waals surface area contributed by atoms with Crippen LogP contribution in [0.4, 0.5) is 0 Å². The second-order valence-electron chi connectivity index (χ2n) is 4.45. The fourth-order valence-corrected chi connectivity index (χ4v) is 2.91. The van der Waals surface area contributed by atoms with Gasteiger partial charge < -0.3 is 5.11 Å². The first kappa shape index (κ1) is 13.7. The summed E-state index contributed by atoms with van der Waals surface area (Å²) in [7, 11) is 0. The van der Waals surface area contributed by atoms with Crippen molar-refractivity contribution in [2.75, 3.05) is 0 Å². The Labute approximate surface area is 116 Å². The van der Waals surface area contributed by atoms with Gasteiger partial charge in [0.15, 0.2) is 0 Å². The number of benzene rings is 1. The number of aromatic nitrogens is 1. The number of aromatic carboxylic acids is 1. The van der Waals surface area contributed by atoms with Crippen LogP contribution in [0.2, 0.25) is 0 Å². The van der Waals surface area contributed by atoms with E-state index in [0.717, 1.165) is 35.5 Å². The van der Waals surface area contributed by atoms with Gasteiger partial charge in [0.25, 0.3) is 0 Å². The van der Waals surface area contributed by atoms with Crippen LogP contribution in [0.3, 0.4) is 0 Å². The molecule has 1 aromatic carbocycles. The van der Waals surface area contributed by atoms with Crippen LogP contribution in [0, 0.1) is 0 Å². The summed E-state index contributed by atoms with van der Waals surface area (Å²) in [6, 6.07) is 10.0. The van der Waals surface area contributed by atoms with Crippen LogP contribution in [-0.4, -0.2) is 16.1 Å². The first-order valence-corrected chi connectivity index (χ1v) is 7.28. The minimum atomic E-state index is -0.858. The van der Waals surface area contributed by atoms with Crippen molar-refractivity contribution in [3.8, 4) is 0 Å². The van der Waals surface area contributed by atoms with Gasteiger partial charge in [0.2, 0.25) is 0 Å². The van der Waals surface area contributed by atoms with E-state index in [2.05, 4.69) is 11.9 Å². The summed E-state index contributed by atoms with van der Waals surface area (Å²) in [5.74, 6) is -0.858. The van der Waals surface area contributed by atoms with Crippen LogP contribution < -0.4 is 0 Å². The second kappa shape index (κ2) is 6.48. The number of carboxylic acids is 1. The van der Waals surface area contributed by atoms with Gasteiger partial charge in [-0.15, -0.1) is 11.3 Å². The average Bonchev–Trinajstić information content (AvgIpc) is 2.80. The van der Waals surface area contributed by atoms with Crippen molar-refractivity contribution in [2.24, 2.45) is 0 Å². The Hall–Kier alpha value is -1.68. The molecule has 0 saturated heterocycles. The van der Waals surface area contributed by atoms with Crippen molar-refractivity contribution >= 4 is 17.3 Å². The van der Waals surface area contributed by atoms with Gasteiger partial charge in [-0.25, -0.2) is 9.78 Å². The molecule has 0 spiro atoms. The molecule has 2 rings (SSSR count). The van der Waals surface area contributed by atoms with Crippen LogP contribution in [-0.2, 0) is 12.8 Å². The summed E-state index contributed by atoms with van der Waals surface area (Å²) >= 11 is 1.30. The molecule has 0 radical (unpaired) electrons. The van der Waals surface area contributed by atoms with Gasteiger partial charge >= 0.3 is 5.97 Å². The van der Waals surface area contributed by atoms with Crippen LogP contribution >= 0.6 is 11.3 Å². The minimum absolute atomic E-state index is 0.402. The SMILES string of the molecule is CCCCc1nc(Cc2ccccc2)sc1C(=O)O. The Morgan fingerprint density at radius 2 is 2.05 bits per heavy atom. The van der Waals surface area contributed by atoms with E-state index in [0.29, 0.717) is 11.3 Å². The summed E-state index contributed by atoms with van der Waals surface area (Å²) in [6.07, 6.45) is 3.49. The molecule has 3 nitrogen and oxygen atoms in total. The maximum atomic E-state index is 11.2. The van der Waals surface area contributed by atoms with E-state index in [1.54, 1.807) is 0 Å². The summed E-state index contributed by atoms with van der Waals surface area (Å²) in [6.45, 7) is 2.09. The lowest BCUT2D eigenvalue weighted by atomic mass is 10.1. The highest BCUT2D eigenvalue weighted by atomic mass is 32.1. The molecule has 2 aromatic rings. The summed E-state index contributed by atoms with van der Waals surface area (Å²) in [5, 5.41) is 10.1. The molecule has 0 aliphatic rings. The molecule has 0 fully saturated rings. The van der Waals surface area contributed by atoms with Crippen LogP contribution in [0.5, 0.6) is 0 Å². The number of rotatable bonds is 6. The molecule has 1 N–H and O–H groups in total. The van der Waals surface area contributed by atoms with Crippen molar-refractivity contribution in [3.63, 3.8) is 0 Å². The quantitative estimate of drug-likeness (QED) is 0.873. The number of thiazole rings is 1. The smallest absolute Gasteiger partial charge is 0.347 e. The Bertz CT molecular complexity index is 549. The molecule has 0 bridgehead atoms. The molecular formula is C15H17NO2S. The fraction of sp³-hybridized carbons (Fsp3) is 0.333. The Morgan fingerprint density at radius 1 is 1.32 bits per heavy atom. The summed E-state index contributed by atoms with van der Waals surface area (Å²) in [4.78, 5) is 16.1. The van der Waals surface area contributed by atoms with Gasteiger partial charge in [-0.2, -0.15) is 0 Å². The lowest BCUT2D eigenvalue weighted by molar-refractivity contribution is 0.0700. The van der Waals surface area contributed by atoms with Crippen molar-refractivity contribution in [3.05, 3.63) is 51.5 Å². The highest BCUT2D eigenvalue weighted by molar-refractivity contribution is 7.13. The van der Waals surface area contributed by atoms with Crippen molar-refractivity contribution < 1.29 is 9.90 Å². The fourth-order valence-electron chi connectivity index (χ4n) is 1.93. The molecule has 100 valence electrons. The number of carboxylic acid groups (broad SMARTS) is 1. The number of nitrogens with zero attached hydrogens (tertiary/aromatic N) is 1. The molecule has 0 amide bonds. The molecule has 1 aromatic heterocycles. The lowest BCUT2D eigenvalue weighted by Gasteiger charge is -1.96. The first-order valence-electron chi connectivity index (χ1n) is 6.46. The van der Waals surface area contributed by atoms with Crippen LogP contribution in [0.25, 0.3) is 0 Å². The molecule has 0 unspecified atom stereocenters. The third kappa shape index (κ3) is 3.64. The van der Waals surface area contributed by atoms with Crippen molar-refractivity contribution in [1.82, 2.24) is 4.98 Å². The zero-order valence-corrected chi connectivity index (χ0v) is 11.7. The summed E-state index contributed by atoms with van der Waals surface area (Å²) in [5.41, 5.74) is 1.90. The molecule has 0 saturated carbocycles. The van der Waals surface area contributed by atoms with Gasteiger partial charge in [-0.1, -0.05) is 43.7 Å². The normalized spacial score (nSPS) is 10.6. The number of aryl methyl sites for hydroxylation is 1. The van der Waals surface area contributed by atoms with Gasteiger partial charge in [0.1, 0.15) is 4.88 Å². The number of unbranched alkanes of at least 4 members (excludes halogenated alkanes) is 1. The van der Waals surface area contributed by atoms with E-state index in [-0.39, 0.29) is 0 Å². The zero-order valence-electron chi connectivity index (χ0n) is 10.9. The number of hydrogen-bond acceptors (Lipinski definition) is 3. The minimum Gasteiger partial charge on any atom is -0.477 e. The van der Waals surface area contributed by atoms with E-state index < -0.39 is 5.97 Å². The molecular weight excluding hydrogens is 258 g/mol. The largest absolute Gasteiger partial charge is 0.477 e. The maximum absolute atomic E-state index is 11.2. The third-order valence-electron chi connectivity index (χ3n) is 2.90. The Balaban J connectivity index is 2.20. The highest BCUT2D eigenvalue weighted by Crippen LogP contribution is 2.22. The van der Waals surface area contributed by atoms with Crippen molar-refractivity contribution in [2.45, 2.75) is 32.6 Å². The first-order chi connectivity index (χ1) is 9.20. The van der Waals surface area contributed by atoms with E-state index in [4.69, 9.17) is 0 Å². The predicted molar refractivity (Wildman–Crippen MR) is 76.9 cm³/mol. The summed E-state index contributed by atoms with van der Waals surface area (Å²) < 4.78 is 0. The van der Waals surface area contributed by atoms with E-state index in [1.807, 2.05) is 30.3 Å². The average molecular weight is 275 g/mol. The number of hydrogen-bond donors (Lipinski definition) is 1. The lowest BCUT2D eigenvalue weighted by Crippen LogP contribution is -1.98. The second-order valence-corrected chi connectivity index (χ2v) is 5.54. The topological polar surface area (TPSA) is 50.2 Å².